The smallest absolute Gasteiger partial charge is 0.126 e. The second-order valence-corrected chi connectivity index (χ2v) is 4.02. The first-order chi connectivity index (χ1) is 7.90. The Labute approximate surface area is 94.3 Å². The Morgan fingerprint density at radius 2 is 2.56 bits per heavy atom. The zero-order valence-electron chi connectivity index (χ0n) is 9.31. The molecule has 0 aromatic carbocycles. The van der Waals surface area contributed by atoms with Crippen LogP contribution in [0.5, 0.6) is 0 Å². The summed E-state index contributed by atoms with van der Waals surface area (Å²) >= 11 is 0. The van der Waals surface area contributed by atoms with E-state index in [-0.39, 0.29) is 6.04 Å². The molecule has 2 aromatic heterocycles. The van der Waals surface area contributed by atoms with Crippen LogP contribution in [0.25, 0.3) is 0 Å². The van der Waals surface area contributed by atoms with Crippen LogP contribution in [-0.2, 0) is 13.0 Å². The summed E-state index contributed by atoms with van der Waals surface area (Å²) in [5, 5.41) is 3.45. The van der Waals surface area contributed by atoms with E-state index in [4.69, 9.17) is 4.42 Å². The van der Waals surface area contributed by atoms with Crippen LogP contribution in [0.4, 0.5) is 0 Å². The van der Waals surface area contributed by atoms with Crippen LogP contribution in [0, 0.1) is 0 Å². The number of imidazole rings is 1. The molecule has 0 saturated heterocycles. The first kappa shape index (κ1) is 9.66. The highest BCUT2D eigenvalue weighted by Crippen LogP contribution is 2.27. The van der Waals surface area contributed by atoms with E-state index in [0.29, 0.717) is 0 Å². The van der Waals surface area contributed by atoms with Gasteiger partial charge in [-0.2, -0.15) is 0 Å². The number of rotatable bonds is 2. The molecular weight excluding hydrogens is 202 g/mol. The maximum absolute atomic E-state index is 5.46. The maximum Gasteiger partial charge on any atom is 0.126 e. The Morgan fingerprint density at radius 1 is 1.62 bits per heavy atom. The molecule has 0 saturated carbocycles. The van der Waals surface area contributed by atoms with Gasteiger partial charge in [-0.1, -0.05) is 0 Å². The number of aryl methyl sites for hydroxylation is 1. The van der Waals surface area contributed by atoms with Gasteiger partial charge in [-0.05, 0) is 19.1 Å². The van der Waals surface area contributed by atoms with E-state index < -0.39 is 0 Å². The van der Waals surface area contributed by atoms with E-state index in [1.54, 1.807) is 6.26 Å². The summed E-state index contributed by atoms with van der Waals surface area (Å²) in [4.78, 5) is 4.51. The summed E-state index contributed by atoms with van der Waals surface area (Å²) in [6.45, 7) is 4.10. The average Bonchev–Trinajstić information content (AvgIpc) is 2.97. The number of nitrogens with one attached hydrogen (secondary N) is 1. The molecule has 0 spiro atoms. The lowest BCUT2D eigenvalue weighted by molar-refractivity contribution is 0.427. The van der Waals surface area contributed by atoms with E-state index in [1.165, 1.54) is 5.69 Å². The lowest BCUT2D eigenvalue weighted by atomic mass is 10.0. The Bertz CT molecular complexity index is 472. The molecule has 1 aliphatic rings. The third-order valence-electron chi connectivity index (χ3n) is 3.13. The average molecular weight is 217 g/mol. The van der Waals surface area contributed by atoms with Crippen molar-refractivity contribution in [2.75, 3.05) is 6.54 Å². The topological polar surface area (TPSA) is 43.0 Å². The van der Waals surface area contributed by atoms with Crippen molar-refractivity contribution in [3.8, 4) is 0 Å². The zero-order chi connectivity index (χ0) is 11.0. The van der Waals surface area contributed by atoms with Gasteiger partial charge in [0.2, 0.25) is 0 Å². The molecule has 0 radical (unpaired) electrons. The van der Waals surface area contributed by atoms with Crippen LogP contribution >= 0.6 is 0 Å². The molecule has 3 heterocycles. The normalized spacial score (nSPS) is 19.7. The van der Waals surface area contributed by atoms with E-state index in [0.717, 1.165) is 31.0 Å². The molecule has 1 aliphatic heterocycles. The van der Waals surface area contributed by atoms with Gasteiger partial charge in [0.1, 0.15) is 11.8 Å². The maximum atomic E-state index is 5.46. The number of furan rings is 1. The zero-order valence-corrected chi connectivity index (χ0v) is 9.31. The van der Waals surface area contributed by atoms with Crippen molar-refractivity contribution < 1.29 is 4.42 Å². The Morgan fingerprint density at radius 3 is 3.31 bits per heavy atom. The van der Waals surface area contributed by atoms with Crippen molar-refractivity contribution in [1.29, 1.82) is 0 Å². The first-order valence-electron chi connectivity index (χ1n) is 5.71. The molecule has 4 heteroatoms. The van der Waals surface area contributed by atoms with E-state index in [9.17, 15) is 0 Å². The van der Waals surface area contributed by atoms with Crippen molar-refractivity contribution in [1.82, 2.24) is 14.9 Å². The van der Waals surface area contributed by atoms with Crippen molar-refractivity contribution in [3.63, 3.8) is 0 Å². The summed E-state index contributed by atoms with van der Waals surface area (Å²) in [6.07, 6.45) is 4.68. The molecule has 1 N–H and O–H groups in total. The second-order valence-electron chi connectivity index (χ2n) is 4.02. The number of fused-ring (bicyclic) bond motifs is 1. The minimum absolute atomic E-state index is 0.117. The van der Waals surface area contributed by atoms with Gasteiger partial charge in [0.05, 0.1) is 18.3 Å². The third-order valence-corrected chi connectivity index (χ3v) is 3.13. The molecular formula is C12H15N3O. The van der Waals surface area contributed by atoms with Crippen molar-refractivity contribution in [2.45, 2.75) is 25.9 Å². The standard InChI is InChI=1S/C12H15N3O/c1-2-15-8-14-11-9(15)5-6-13-12(11)10-4-3-7-16-10/h3-4,7-8,12-13H,2,5-6H2,1H3. The Balaban J connectivity index is 2.04. The summed E-state index contributed by atoms with van der Waals surface area (Å²) < 4.78 is 7.68. The van der Waals surface area contributed by atoms with E-state index in [1.807, 2.05) is 18.5 Å². The molecule has 1 unspecified atom stereocenters. The van der Waals surface area contributed by atoms with Gasteiger partial charge >= 0.3 is 0 Å². The van der Waals surface area contributed by atoms with Crippen molar-refractivity contribution >= 4 is 0 Å². The van der Waals surface area contributed by atoms with E-state index >= 15 is 0 Å². The molecule has 84 valence electrons. The van der Waals surface area contributed by atoms with Gasteiger partial charge in [-0.25, -0.2) is 4.98 Å². The summed E-state index contributed by atoms with van der Waals surface area (Å²) in [7, 11) is 0. The third kappa shape index (κ3) is 1.38. The lowest BCUT2D eigenvalue weighted by Crippen LogP contribution is -2.31. The summed E-state index contributed by atoms with van der Waals surface area (Å²) in [6, 6.07) is 4.03. The lowest BCUT2D eigenvalue weighted by Gasteiger charge is -2.22. The first-order valence-corrected chi connectivity index (χ1v) is 5.71. The van der Waals surface area contributed by atoms with Gasteiger partial charge in [0.25, 0.3) is 0 Å². The van der Waals surface area contributed by atoms with Crippen molar-refractivity contribution in [2.24, 2.45) is 0 Å². The molecule has 0 amide bonds. The molecule has 0 bridgehead atoms. The highest BCUT2D eigenvalue weighted by molar-refractivity contribution is 5.28. The van der Waals surface area contributed by atoms with Gasteiger partial charge in [0, 0.05) is 25.2 Å². The quantitative estimate of drug-likeness (QED) is 0.833. The fourth-order valence-electron chi connectivity index (χ4n) is 2.33. The van der Waals surface area contributed by atoms with Gasteiger partial charge < -0.3 is 14.3 Å². The molecule has 4 nitrogen and oxygen atoms in total. The van der Waals surface area contributed by atoms with E-state index in [2.05, 4.69) is 21.8 Å². The largest absolute Gasteiger partial charge is 0.467 e. The van der Waals surface area contributed by atoms with Crippen LogP contribution < -0.4 is 5.32 Å². The van der Waals surface area contributed by atoms with Crippen LogP contribution in [-0.4, -0.2) is 16.1 Å². The predicted molar refractivity (Wildman–Crippen MR) is 60.2 cm³/mol. The SMILES string of the molecule is CCn1cnc2c1CCNC2c1ccco1. The number of nitrogens with zero attached hydrogens (tertiary/aromatic N) is 2. The minimum Gasteiger partial charge on any atom is -0.467 e. The number of hydrogen-bond donors (Lipinski definition) is 1. The highest BCUT2D eigenvalue weighted by Gasteiger charge is 2.26. The number of aromatic nitrogens is 2. The molecule has 3 rings (SSSR count). The molecule has 0 aliphatic carbocycles. The van der Waals surface area contributed by atoms with Crippen LogP contribution in [0.15, 0.2) is 29.1 Å². The van der Waals surface area contributed by atoms with Gasteiger partial charge in [0.15, 0.2) is 0 Å². The predicted octanol–water partition coefficient (Wildman–Crippen LogP) is 1.73. The monoisotopic (exact) mass is 217 g/mol. The van der Waals surface area contributed by atoms with Gasteiger partial charge in [-0.3, -0.25) is 0 Å². The fraction of sp³-hybridized carbons (Fsp3) is 0.417. The Kier molecular flexibility index (Phi) is 2.29. The fourth-order valence-corrected chi connectivity index (χ4v) is 2.33. The molecule has 2 aromatic rings. The molecule has 16 heavy (non-hydrogen) atoms. The molecule has 1 atom stereocenters. The second kappa shape index (κ2) is 3.79. The van der Waals surface area contributed by atoms with Crippen LogP contribution in [0.1, 0.15) is 30.1 Å². The van der Waals surface area contributed by atoms with Crippen LogP contribution in [0.2, 0.25) is 0 Å². The Hall–Kier alpha value is -1.55. The highest BCUT2D eigenvalue weighted by atomic mass is 16.3. The van der Waals surface area contributed by atoms with Crippen molar-refractivity contribution in [3.05, 3.63) is 41.9 Å². The summed E-state index contributed by atoms with van der Waals surface area (Å²) in [5.41, 5.74) is 2.45. The summed E-state index contributed by atoms with van der Waals surface area (Å²) in [5.74, 6) is 0.947. The van der Waals surface area contributed by atoms with Crippen LogP contribution in [0.3, 0.4) is 0 Å². The number of hydrogen-bond acceptors (Lipinski definition) is 3. The van der Waals surface area contributed by atoms with Gasteiger partial charge in [-0.15, -0.1) is 0 Å². The molecule has 0 fully saturated rings. The minimum atomic E-state index is 0.117.